The molecule has 0 unspecified atom stereocenters. The Morgan fingerprint density at radius 1 is 1.30 bits per heavy atom. The van der Waals surface area contributed by atoms with E-state index in [0.29, 0.717) is 12.5 Å². The number of hydrogen-bond acceptors (Lipinski definition) is 5. The highest BCUT2D eigenvalue weighted by Crippen LogP contribution is 2.17. The SMILES string of the molecule is CC(C)CNCc1ccc(CN(C)CCS(C)(=O)=O)s1. The van der Waals surface area contributed by atoms with Gasteiger partial charge in [-0.2, -0.15) is 0 Å². The Balaban J connectivity index is 2.35. The maximum absolute atomic E-state index is 11.1. The van der Waals surface area contributed by atoms with Crippen molar-refractivity contribution in [3.63, 3.8) is 0 Å². The lowest BCUT2D eigenvalue weighted by Crippen LogP contribution is -2.24. The monoisotopic (exact) mass is 318 g/mol. The molecule has 0 aliphatic rings. The van der Waals surface area contributed by atoms with Gasteiger partial charge in [-0.05, 0) is 31.6 Å². The highest BCUT2D eigenvalue weighted by atomic mass is 32.2. The van der Waals surface area contributed by atoms with Crippen molar-refractivity contribution in [2.24, 2.45) is 5.92 Å². The fraction of sp³-hybridized carbons (Fsp3) is 0.714. The molecule has 1 aromatic rings. The highest BCUT2D eigenvalue weighted by molar-refractivity contribution is 7.90. The molecule has 0 aliphatic heterocycles. The first-order valence-electron chi connectivity index (χ1n) is 6.91. The molecule has 4 nitrogen and oxygen atoms in total. The molecular formula is C14H26N2O2S2. The summed E-state index contributed by atoms with van der Waals surface area (Å²) in [5.41, 5.74) is 0. The molecule has 0 saturated carbocycles. The molecule has 6 heteroatoms. The zero-order valence-corrected chi connectivity index (χ0v) is 14.5. The van der Waals surface area contributed by atoms with Gasteiger partial charge in [-0.25, -0.2) is 8.42 Å². The van der Waals surface area contributed by atoms with Crippen molar-refractivity contribution in [2.75, 3.05) is 32.1 Å². The summed E-state index contributed by atoms with van der Waals surface area (Å²) in [7, 11) is -0.915. The number of rotatable bonds is 9. The van der Waals surface area contributed by atoms with Crippen molar-refractivity contribution >= 4 is 21.2 Å². The molecule has 0 aliphatic carbocycles. The van der Waals surface area contributed by atoms with Crippen LogP contribution in [0.15, 0.2) is 12.1 Å². The van der Waals surface area contributed by atoms with Crippen molar-refractivity contribution in [1.82, 2.24) is 10.2 Å². The number of nitrogens with one attached hydrogen (secondary N) is 1. The largest absolute Gasteiger partial charge is 0.312 e. The molecule has 0 saturated heterocycles. The lowest BCUT2D eigenvalue weighted by Gasteiger charge is -2.14. The quantitative estimate of drug-likeness (QED) is 0.756. The van der Waals surface area contributed by atoms with E-state index in [-0.39, 0.29) is 5.75 Å². The van der Waals surface area contributed by atoms with Crippen molar-refractivity contribution in [3.8, 4) is 0 Å². The van der Waals surface area contributed by atoms with E-state index in [1.54, 1.807) is 11.3 Å². The molecule has 0 aromatic carbocycles. The van der Waals surface area contributed by atoms with E-state index < -0.39 is 9.84 Å². The van der Waals surface area contributed by atoms with Crippen molar-refractivity contribution in [2.45, 2.75) is 26.9 Å². The molecule has 1 N–H and O–H groups in total. The molecule has 0 fully saturated rings. The first-order chi connectivity index (χ1) is 9.26. The van der Waals surface area contributed by atoms with Crippen LogP contribution in [0.1, 0.15) is 23.6 Å². The molecule has 0 amide bonds. The van der Waals surface area contributed by atoms with Crippen LogP contribution in [0, 0.1) is 5.92 Å². The zero-order chi connectivity index (χ0) is 15.2. The van der Waals surface area contributed by atoms with Gasteiger partial charge in [-0.15, -0.1) is 11.3 Å². The molecule has 20 heavy (non-hydrogen) atoms. The van der Waals surface area contributed by atoms with Gasteiger partial charge in [0.15, 0.2) is 0 Å². The normalized spacial score (nSPS) is 12.5. The summed E-state index contributed by atoms with van der Waals surface area (Å²) in [5, 5.41) is 3.43. The second-order valence-electron chi connectivity index (χ2n) is 5.76. The van der Waals surface area contributed by atoms with Crippen LogP contribution in [0.2, 0.25) is 0 Å². The smallest absolute Gasteiger partial charge is 0.148 e. The summed E-state index contributed by atoms with van der Waals surface area (Å²) in [6, 6.07) is 4.28. The summed E-state index contributed by atoms with van der Waals surface area (Å²) in [4.78, 5) is 4.66. The van der Waals surface area contributed by atoms with Gasteiger partial charge in [-0.1, -0.05) is 13.8 Å². The Morgan fingerprint density at radius 2 is 1.95 bits per heavy atom. The third-order valence-corrected chi connectivity index (χ3v) is 4.83. The Morgan fingerprint density at radius 3 is 2.55 bits per heavy atom. The van der Waals surface area contributed by atoms with Crippen LogP contribution in [0.5, 0.6) is 0 Å². The van der Waals surface area contributed by atoms with E-state index in [4.69, 9.17) is 0 Å². The van der Waals surface area contributed by atoms with Crippen LogP contribution < -0.4 is 5.32 Å². The molecular weight excluding hydrogens is 292 g/mol. The fourth-order valence-corrected chi connectivity index (χ4v) is 3.46. The number of hydrogen-bond donors (Lipinski definition) is 1. The van der Waals surface area contributed by atoms with E-state index in [1.807, 2.05) is 7.05 Å². The van der Waals surface area contributed by atoms with Gasteiger partial charge in [0.1, 0.15) is 9.84 Å². The van der Waals surface area contributed by atoms with Gasteiger partial charge in [-0.3, -0.25) is 0 Å². The van der Waals surface area contributed by atoms with Crippen molar-refractivity contribution < 1.29 is 8.42 Å². The third-order valence-electron chi connectivity index (χ3n) is 2.84. The molecule has 1 aromatic heterocycles. The van der Waals surface area contributed by atoms with Crippen LogP contribution in [-0.2, 0) is 22.9 Å². The van der Waals surface area contributed by atoms with Crippen molar-refractivity contribution in [3.05, 3.63) is 21.9 Å². The zero-order valence-electron chi connectivity index (χ0n) is 12.8. The molecule has 0 radical (unpaired) electrons. The minimum absolute atomic E-state index is 0.220. The molecule has 0 spiro atoms. The maximum Gasteiger partial charge on any atom is 0.148 e. The average Bonchev–Trinajstić information content (AvgIpc) is 2.73. The Kier molecular flexibility index (Phi) is 7.15. The van der Waals surface area contributed by atoms with Crippen molar-refractivity contribution in [1.29, 1.82) is 0 Å². The van der Waals surface area contributed by atoms with Gasteiger partial charge in [0.05, 0.1) is 5.75 Å². The topological polar surface area (TPSA) is 49.4 Å². The molecule has 0 bridgehead atoms. The van der Waals surface area contributed by atoms with E-state index in [9.17, 15) is 8.42 Å². The Bertz CT molecular complexity index is 495. The first-order valence-corrected chi connectivity index (χ1v) is 9.78. The molecule has 116 valence electrons. The summed E-state index contributed by atoms with van der Waals surface area (Å²) in [5.74, 6) is 0.883. The van der Waals surface area contributed by atoms with Crippen LogP contribution in [0.3, 0.4) is 0 Å². The standard InChI is InChI=1S/C14H26N2O2S2/c1-12(2)9-15-10-13-5-6-14(19-13)11-16(3)7-8-20(4,17)18/h5-6,12,15H,7-11H2,1-4H3. The van der Waals surface area contributed by atoms with Gasteiger partial charge in [0.25, 0.3) is 0 Å². The van der Waals surface area contributed by atoms with E-state index in [2.05, 4.69) is 36.2 Å². The van der Waals surface area contributed by atoms with Crippen LogP contribution in [0.4, 0.5) is 0 Å². The van der Waals surface area contributed by atoms with Gasteiger partial charge in [0.2, 0.25) is 0 Å². The molecule has 1 rings (SSSR count). The second-order valence-corrected chi connectivity index (χ2v) is 9.27. The summed E-state index contributed by atoms with van der Waals surface area (Å²) in [6.45, 7) is 7.73. The lowest BCUT2D eigenvalue weighted by atomic mass is 10.2. The minimum atomic E-state index is -2.87. The van der Waals surface area contributed by atoms with E-state index in [1.165, 1.54) is 16.0 Å². The van der Waals surface area contributed by atoms with Gasteiger partial charge in [0, 0.05) is 35.6 Å². The minimum Gasteiger partial charge on any atom is -0.312 e. The van der Waals surface area contributed by atoms with Crippen LogP contribution >= 0.6 is 11.3 Å². The van der Waals surface area contributed by atoms with Crippen LogP contribution in [-0.4, -0.2) is 45.5 Å². The molecule has 1 heterocycles. The third kappa shape index (κ3) is 7.99. The summed E-state index contributed by atoms with van der Waals surface area (Å²) in [6.07, 6.45) is 1.28. The Labute approximate surface area is 127 Å². The lowest BCUT2D eigenvalue weighted by molar-refractivity contribution is 0.349. The highest BCUT2D eigenvalue weighted by Gasteiger charge is 2.08. The number of nitrogens with zero attached hydrogens (tertiary/aromatic N) is 1. The first kappa shape index (κ1) is 17.6. The van der Waals surface area contributed by atoms with E-state index >= 15 is 0 Å². The van der Waals surface area contributed by atoms with Gasteiger partial charge >= 0.3 is 0 Å². The fourth-order valence-electron chi connectivity index (χ4n) is 1.75. The molecule has 0 atom stereocenters. The number of thiophene rings is 1. The van der Waals surface area contributed by atoms with Gasteiger partial charge < -0.3 is 10.2 Å². The second kappa shape index (κ2) is 8.12. The number of sulfone groups is 1. The predicted molar refractivity (Wildman–Crippen MR) is 86.9 cm³/mol. The van der Waals surface area contributed by atoms with E-state index in [0.717, 1.165) is 19.6 Å². The summed E-state index contributed by atoms with van der Waals surface area (Å²) >= 11 is 1.79. The average molecular weight is 319 g/mol. The van der Waals surface area contributed by atoms with Crippen LogP contribution in [0.25, 0.3) is 0 Å². The Hall–Kier alpha value is -0.430. The predicted octanol–water partition coefficient (Wildman–Crippen LogP) is 1.97. The maximum atomic E-state index is 11.1. The summed E-state index contributed by atoms with van der Waals surface area (Å²) < 4.78 is 22.3.